The smallest absolute Gasteiger partial charge is 0.303 e. The summed E-state index contributed by atoms with van der Waals surface area (Å²) in [7, 11) is 0. The largest absolute Gasteiger partial charge is 1.00 e. The lowest BCUT2D eigenvalue weighted by Crippen LogP contribution is -3.00. The highest BCUT2D eigenvalue weighted by molar-refractivity contribution is 6.05. The Balaban J connectivity index is 0.00000256. The predicted molar refractivity (Wildman–Crippen MR) is 118 cm³/mol. The Morgan fingerprint density at radius 2 is 1.40 bits per heavy atom. The number of carboxylic acid groups (broad SMARTS) is 1. The molecule has 30 heavy (non-hydrogen) atoms. The van der Waals surface area contributed by atoms with Crippen LogP contribution in [0.3, 0.4) is 0 Å². The molecule has 4 rings (SSSR count). The molecule has 1 aromatic heterocycles. The van der Waals surface area contributed by atoms with Gasteiger partial charge in [-0.15, -0.1) is 0 Å². The third-order valence-corrected chi connectivity index (χ3v) is 5.24. The highest BCUT2D eigenvalue weighted by atomic mass is 35.5. The standard InChI is InChI=1S/C25H24N2O2.ClH/c28-24(29)13-3-1-2-8-18-14-16-19(17-15-18)26-25-20-9-4-6-11-22(20)27-23-12-7-5-10-21(23)25;/h4-7,9-12,14-17H,1-3,8,13H2,(H,26,27)(H,28,29);1H. The molecule has 4 nitrogen and oxygen atoms in total. The van der Waals surface area contributed by atoms with Crippen molar-refractivity contribution in [2.45, 2.75) is 32.1 Å². The topological polar surface area (TPSA) is 63.5 Å². The molecule has 0 saturated heterocycles. The molecule has 3 aromatic carbocycles. The maximum absolute atomic E-state index is 10.6. The van der Waals surface area contributed by atoms with Gasteiger partial charge in [0.15, 0.2) is 0 Å². The number of nitrogens with one attached hydrogen (secondary N) is 2. The number of anilines is 2. The third kappa shape index (κ3) is 5.08. The van der Waals surface area contributed by atoms with Gasteiger partial charge in [0.25, 0.3) is 0 Å². The van der Waals surface area contributed by atoms with Crippen LogP contribution in [0.1, 0.15) is 31.2 Å². The van der Waals surface area contributed by atoms with Crippen LogP contribution >= 0.6 is 0 Å². The molecule has 0 spiro atoms. The number of aryl methyl sites for hydroxylation is 1. The van der Waals surface area contributed by atoms with E-state index in [1.54, 1.807) is 0 Å². The average Bonchev–Trinajstić information content (AvgIpc) is 2.74. The summed E-state index contributed by atoms with van der Waals surface area (Å²) >= 11 is 0. The van der Waals surface area contributed by atoms with E-state index < -0.39 is 5.97 Å². The number of rotatable bonds is 8. The molecule has 3 N–H and O–H groups in total. The second-order valence-corrected chi connectivity index (χ2v) is 7.37. The summed E-state index contributed by atoms with van der Waals surface area (Å²) in [5.74, 6) is -0.709. The fourth-order valence-corrected chi connectivity index (χ4v) is 3.73. The summed E-state index contributed by atoms with van der Waals surface area (Å²) in [6.45, 7) is 0. The fraction of sp³-hybridized carbons (Fsp3) is 0.200. The number of H-pyrrole nitrogens is 1. The number of aliphatic carboxylic acids is 1. The van der Waals surface area contributed by atoms with E-state index in [0.29, 0.717) is 0 Å². The van der Waals surface area contributed by atoms with Gasteiger partial charge in [0, 0.05) is 24.2 Å². The normalized spacial score (nSPS) is 10.7. The van der Waals surface area contributed by atoms with Crippen LogP contribution in [0.2, 0.25) is 0 Å². The van der Waals surface area contributed by atoms with Crippen molar-refractivity contribution in [3.63, 3.8) is 0 Å². The Hall–Kier alpha value is -3.11. The number of aromatic nitrogens is 1. The Morgan fingerprint density at radius 1 is 0.800 bits per heavy atom. The Bertz CT molecular complexity index is 1090. The number of para-hydroxylation sites is 2. The van der Waals surface area contributed by atoms with E-state index in [0.717, 1.165) is 58.9 Å². The van der Waals surface area contributed by atoms with Gasteiger partial charge in [0.1, 0.15) is 0 Å². The van der Waals surface area contributed by atoms with Crippen molar-refractivity contribution in [2.75, 3.05) is 5.32 Å². The number of hydrogen-bond donors (Lipinski definition) is 2. The summed E-state index contributed by atoms with van der Waals surface area (Å²) in [6.07, 6.45) is 3.96. The number of unbranched alkanes of at least 4 members (excludes halogenated alkanes) is 2. The van der Waals surface area contributed by atoms with Crippen molar-refractivity contribution in [3.8, 4) is 0 Å². The van der Waals surface area contributed by atoms with Crippen molar-refractivity contribution >= 4 is 39.1 Å². The molecule has 0 bridgehead atoms. The lowest BCUT2D eigenvalue weighted by atomic mass is 10.0. The first-order valence-corrected chi connectivity index (χ1v) is 10.1. The van der Waals surface area contributed by atoms with Crippen molar-refractivity contribution in [1.29, 1.82) is 0 Å². The molecule has 0 aliphatic carbocycles. The van der Waals surface area contributed by atoms with E-state index in [1.807, 2.05) is 12.1 Å². The molecule has 0 aliphatic heterocycles. The second kappa shape index (κ2) is 10.1. The van der Waals surface area contributed by atoms with E-state index in [4.69, 9.17) is 5.11 Å². The minimum atomic E-state index is -0.709. The van der Waals surface area contributed by atoms with Crippen LogP contribution in [0.25, 0.3) is 21.8 Å². The summed E-state index contributed by atoms with van der Waals surface area (Å²) in [5, 5.41) is 14.6. The van der Waals surface area contributed by atoms with Crippen LogP contribution in [-0.4, -0.2) is 11.1 Å². The zero-order valence-electron chi connectivity index (χ0n) is 16.7. The molecule has 1 heterocycles. The fourth-order valence-electron chi connectivity index (χ4n) is 3.73. The quantitative estimate of drug-likeness (QED) is 0.340. The van der Waals surface area contributed by atoms with Crippen LogP contribution in [0.4, 0.5) is 11.4 Å². The van der Waals surface area contributed by atoms with E-state index in [-0.39, 0.29) is 18.8 Å². The third-order valence-electron chi connectivity index (χ3n) is 5.24. The molecule has 4 aromatic rings. The number of aromatic amines is 1. The minimum absolute atomic E-state index is 0. The van der Waals surface area contributed by atoms with E-state index >= 15 is 0 Å². The number of benzene rings is 3. The molecular weight excluding hydrogens is 396 g/mol. The number of hydrogen-bond acceptors (Lipinski definition) is 2. The average molecular weight is 421 g/mol. The lowest BCUT2D eigenvalue weighted by molar-refractivity contribution is -0.310. The van der Waals surface area contributed by atoms with Gasteiger partial charge in [-0.05, 0) is 49.1 Å². The van der Waals surface area contributed by atoms with Gasteiger partial charge in [-0.1, -0.05) is 42.8 Å². The van der Waals surface area contributed by atoms with Gasteiger partial charge in [0.05, 0.1) is 16.5 Å². The Kier molecular flexibility index (Phi) is 7.26. The van der Waals surface area contributed by atoms with Crippen molar-refractivity contribution in [2.24, 2.45) is 0 Å². The number of fused-ring (bicyclic) bond motifs is 2. The number of pyridine rings is 1. The van der Waals surface area contributed by atoms with Gasteiger partial charge < -0.3 is 22.8 Å². The van der Waals surface area contributed by atoms with Crippen LogP contribution in [0, 0.1) is 0 Å². The molecule has 0 saturated carbocycles. The summed E-state index contributed by atoms with van der Waals surface area (Å²) in [5.41, 5.74) is 5.65. The Morgan fingerprint density at radius 3 is 2.00 bits per heavy atom. The monoisotopic (exact) mass is 420 g/mol. The summed E-state index contributed by atoms with van der Waals surface area (Å²) in [4.78, 5) is 14.1. The van der Waals surface area contributed by atoms with Gasteiger partial charge in [-0.2, -0.15) is 0 Å². The molecule has 0 radical (unpaired) electrons. The first kappa shape index (κ1) is 21.6. The predicted octanol–water partition coefficient (Wildman–Crippen LogP) is 2.74. The zero-order valence-corrected chi connectivity index (χ0v) is 17.5. The van der Waals surface area contributed by atoms with E-state index in [2.05, 4.69) is 71.0 Å². The highest BCUT2D eigenvalue weighted by Crippen LogP contribution is 2.31. The Labute approximate surface area is 182 Å². The van der Waals surface area contributed by atoms with E-state index in [1.165, 1.54) is 5.56 Å². The number of halogens is 1. The van der Waals surface area contributed by atoms with Crippen LogP contribution < -0.4 is 22.7 Å². The maximum atomic E-state index is 10.6. The van der Waals surface area contributed by atoms with Crippen molar-refractivity contribution in [1.82, 2.24) is 0 Å². The summed E-state index contributed by atoms with van der Waals surface area (Å²) in [6, 6.07) is 25.2. The van der Waals surface area contributed by atoms with Gasteiger partial charge >= 0.3 is 5.97 Å². The molecule has 0 fully saturated rings. The molecule has 0 aliphatic rings. The van der Waals surface area contributed by atoms with Crippen LogP contribution in [0.5, 0.6) is 0 Å². The molecule has 154 valence electrons. The van der Waals surface area contributed by atoms with E-state index in [9.17, 15) is 4.79 Å². The molecule has 0 amide bonds. The van der Waals surface area contributed by atoms with Crippen LogP contribution in [-0.2, 0) is 11.2 Å². The van der Waals surface area contributed by atoms with Gasteiger partial charge in [-0.25, -0.2) is 4.98 Å². The first-order valence-electron chi connectivity index (χ1n) is 10.1. The SMILES string of the molecule is O=C(O)CCCCCc1ccc(Nc2c3ccccc3[nH+]c3ccccc23)cc1.[Cl-]. The maximum Gasteiger partial charge on any atom is 0.303 e. The first-order chi connectivity index (χ1) is 14.2. The summed E-state index contributed by atoms with van der Waals surface area (Å²) < 4.78 is 0. The minimum Gasteiger partial charge on any atom is -1.00 e. The van der Waals surface area contributed by atoms with Crippen molar-refractivity contribution < 1.29 is 27.3 Å². The zero-order chi connectivity index (χ0) is 20.1. The highest BCUT2D eigenvalue weighted by Gasteiger charge is 2.13. The molecule has 5 heteroatoms. The molecule has 0 unspecified atom stereocenters. The van der Waals surface area contributed by atoms with Gasteiger partial charge in [0.2, 0.25) is 11.0 Å². The molecular formula is C25H25ClN2O2. The van der Waals surface area contributed by atoms with Gasteiger partial charge in [-0.3, -0.25) is 4.79 Å². The second-order valence-electron chi connectivity index (χ2n) is 7.37. The van der Waals surface area contributed by atoms with Crippen molar-refractivity contribution in [3.05, 3.63) is 78.4 Å². The number of carbonyl (C=O) groups is 1. The molecule has 0 atom stereocenters. The lowest BCUT2D eigenvalue weighted by Gasteiger charge is -2.11. The number of carboxylic acids is 1. The van der Waals surface area contributed by atoms with Crippen LogP contribution in [0.15, 0.2) is 72.8 Å².